The predicted octanol–water partition coefficient (Wildman–Crippen LogP) is 1.56. The lowest BCUT2D eigenvalue weighted by atomic mass is 9.95. The first-order chi connectivity index (χ1) is 10.5. The van der Waals surface area contributed by atoms with Crippen LogP contribution in [0.2, 0.25) is 0 Å². The number of methoxy groups -OCH3 is 1. The molecular formula is C16H18N2O4. The number of carbonyl (C=O) groups is 2. The van der Waals surface area contributed by atoms with E-state index in [1.165, 1.54) is 14.0 Å². The molecule has 0 radical (unpaired) electrons. The number of aliphatic hydroxyl groups excluding tert-OH is 1. The zero-order chi connectivity index (χ0) is 16.1. The van der Waals surface area contributed by atoms with Gasteiger partial charge in [-0.1, -0.05) is 6.08 Å². The second-order valence-electron chi connectivity index (χ2n) is 4.95. The number of ether oxygens (including phenoxy) is 1. The van der Waals surface area contributed by atoms with E-state index in [9.17, 15) is 14.7 Å². The average Bonchev–Trinajstić information content (AvgIpc) is 2.53. The first kappa shape index (κ1) is 15.9. The van der Waals surface area contributed by atoms with Gasteiger partial charge in [0.15, 0.2) is 0 Å². The van der Waals surface area contributed by atoms with Crippen molar-refractivity contribution in [2.45, 2.75) is 26.4 Å². The number of rotatable bonds is 4. The van der Waals surface area contributed by atoms with Gasteiger partial charge in [0.2, 0.25) is 5.91 Å². The van der Waals surface area contributed by atoms with Gasteiger partial charge in [-0.2, -0.15) is 0 Å². The Balaban J connectivity index is 2.32. The summed E-state index contributed by atoms with van der Waals surface area (Å²) < 4.78 is 4.68. The van der Waals surface area contributed by atoms with Gasteiger partial charge in [-0.15, -0.1) is 0 Å². The summed E-state index contributed by atoms with van der Waals surface area (Å²) in [7, 11) is 1.29. The number of hydrogen-bond donors (Lipinski definition) is 2. The fourth-order valence-corrected chi connectivity index (χ4v) is 2.27. The largest absolute Gasteiger partial charge is 0.464 e. The third-order valence-corrected chi connectivity index (χ3v) is 3.29. The number of allylic oxidation sites excluding steroid dienone is 4. The smallest absolute Gasteiger partial charge is 0.356 e. The van der Waals surface area contributed by atoms with Crippen molar-refractivity contribution >= 4 is 17.4 Å². The highest BCUT2D eigenvalue weighted by atomic mass is 16.5. The van der Waals surface area contributed by atoms with E-state index in [-0.39, 0.29) is 18.2 Å². The molecule has 1 aliphatic rings. The maximum absolute atomic E-state index is 11.6. The minimum atomic E-state index is -0.539. The molecule has 0 saturated heterocycles. The summed E-state index contributed by atoms with van der Waals surface area (Å²) in [6.07, 6.45) is 5.17. The molecule has 0 unspecified atom stereocenters. The quantitative estimate of drug-likeness (QED) is 0.824. The summed E-state index contributed by atoms with van der Waals surface area (Å²) in [5, 5.41) is 12.1. The molecule has 6 heteroatoms. The molecule has 0 aliphatic heterocycles. The third-order valence-electron chi connectivity index (χ3n) is 3.29. The Hall–Kier alpha value is -2.47. The van der Waals surface area contributed by atoms with Crippen LogP contribution in [0.4, 0.5) is 0 Å². The van der Waals surface area contributed by atoms with Gasteiger partial charge in [-0.3, -0.25) is 4.79 Å². The van der Waals surface area contributed by atoms with Gasteiger partial charge >= 0.3 is 5.97 Å². The van der Waals surface area contributed by atoms with E-state index in [1.54, 1.807) is 12.1 Å². The van der Waals surface area contributed by atoms with Crippen LogP contribution in [0.3, 0.4) is 0 Å². The Labute approximate surface area is 128 Å². The zero-order valence-electron chi connectivity index (χ0n) is 12.5. The summed E-state index contributed by atoms with van der Waals surface area (Å²) >= 11 is 0. The molecule has 0 fully saturated rings. The van der Waals surface area contributed by atoms with Crippen LogP contribution < -0.4 is 5.32 Å². The van der Waals surface area contributed by atoms with Crippen LogP contribution in [0.25, 0.3) is 5.57 Å². The van der Waals surface area contributed by atoms with E-state index in [0.29, 0.717) is 12.1 Å². The molecule has 116 valence electrons. The van der Waals surface area contributed by atoms with Crippen molar-refractivity contribution in [2.24, 2.45) is 0 Å². The van der Waals surface area contributed by atoms with Crippen LogP contribution in [0.1, 0.15) is 41.5 Å². The molecule has 0 saturated carbocycles. The fourth-order valence-electron chi connectivity index (χ4n) is 2.27. The van der Waals surface area contributed by atoms with Crippen LogP contribution in [-0.4, -0.2) is 29.1 Å². The average molecular weight is 302 g/mol. The van der Waals surface area contributed by atoms with Gasteiger partial charge < -0.3 is 15.2 Å². The summed E-state index contributed by atoms with van der Waals surface area (Å²) in [5.41, 5.74) is 3.27. The lowest BCUT2D eigenvalue weighted by Crippen LogP contribution is -2.20. The summed E-state index contributed by atoms with van der Waals surface area (Å²) in [6.45, 7) is 1.22. The van der Waals surface area contributed by atoms with E-state index in [2.05, 4.69) is 15.0 Å². The maximum atomic E-state index is 11.6. The minimum absolute atomic E-state index is 0.0949. The van der Waals surface area contributed by atoms with Crippen LogP contribution in [0.5, 0.6) is 0 Å². The standard InChI is InChI=1S/C16H18N2O4/c1-10(20)17-13-5-3-11(4-6-13)12-7-14(9-19)18-15(8-12)16(21)22-2/h3,5,7-8,19H,4,6,9H2,1-2H3,(H,17,20). The molecule has 6 nitrogen and oxygen atoms in total. The van der Waals surface area contributed by atoms with E-state index in [4.69, 9.17) is 0 Å². The molecule has 0 spiro atoms. The van der Waals surface area contributed by atoms with Crippen molar-refractivity contribution in [3.63, 3.8) is 0 Å². The van der Waals surface area contributed by atoms with Crippen LogP contribution >= 0.6 is 0 Å². The molecule has 1 aromatic rings. The van der Waals surface area contributed by atoms with Gasteiger partial charge in [-0.05, 0) is 42.2 Å². The van der Waals surface area contributed by atoms with E-state index in [0.717, 1.165) is 23.3 Å². The Morgan fingerprint density at radius 3 is 2.64 bits per heavy atom. The SMILES string of the molecule is COC(=O)c1cc(C2=CC=C(NC(C)=O)CC2)cc(CO)n1. The number of aromatic nitrogens is 1. The van der Waals surface area contributed by atoms with Crippen LogP contribution in [0.15, 0.2) is 30.0 Å². The third kappa shape index (κ3) is 3.79. The molecular weight excluding hydrogens is 284 g/mol. The number of aliphatic hydroxyl groups is 1. The molecule has 0 bridgehead atoms. The van der Waals surface area contributed by atoms with Crippen molar-refractivity contribution in [3.8, 4) is 0 Å². The number of hydrogen-bond acceptors (Lipinski definition) is 5. The lowest BCUT2D eigenvalue weighted by Gasteiger charge is -2.16. The van der Waals surface area contributed by atoms with Gasteiger partial charge in [0, 0.05) is 12.6 Å². The Bertz CT molecular complexity index is 662. The topological polar surface area (TPSA) is 88.5 Å². The first-order valence-electron chi connectivity index (χ1n) is 6.91. The van der Waals surface area contributed by atoms with Crippen molar-refractivity contribution < 1.29 is 19.4 Å². The van der Waals surface area contributed by atoms with Crippen LogP contribution in [0, 0.1) is 0 Å². The number of carbonyl (C=O) groups excluding carboxylic acids is 2. The Kier molecular flexibility index (Phi) is 5.06. The molecule has 2 rings (SSSR count). The summed E-state index contributed by atoms with van der Waals surface area (Å²) in [6, 6.07) is 3.39. The van der Waals surface area contributed by atoms with E-state index in [1.807, 2.05) is 12.2 Å². The van der Waals surface area contributed by atoms with Crippen molar-refractivity contribution in [1.29, 1.82) is 0 Å². The number of nitrogens with zero attached hydrogens (tertiary/aromatic N) is 1. The van der Waals surface area contributed by atoms with Gasteiger partial charge in [0.25, 0.3) is 0 Å². The van der Waals surface area contributed by atoms with Crippen LogP contribution in [-0.2, 0) is 16.1 Å². The summed E-state index contributed by atoms with van der Waals surface area (Å²) in [4.78, 5) is 26.7. The highest BCUT2D eigenvalue weighted by molar-refractivity contribution is 5.88. The highest BCUT2D eigenvalue weighted by Crippen LogP contribution is 2.27. The molecule has 0 aromatic carbocycles. The number of pyridine rings is 1. The monoisotopic (exact) mass is 302 g/mol. The normalized spacial score (nSPS) is 14.0. The molecule has 1 amide bonds. The van der Waals surface area contributed by atoms with Crippen molar-refractivity contribution in [3.05, 3.63) is 46.9 Å². The van der Waals surface area contributed by atoms with Gasteiger partial charge in [0.05, 0.1) is 19.4 Å². The number of amides is 1. The molecule has 1 aromatic heterocycles. The molecule has 1 heterocycles. The summed E-state index contributed by atoms with van der Waals surface area (Å²) in [5.74, 6) is -0.634. The number of nitrogens with one attached hydrogen (secondary N) is 1. The highest BCUT2D eigenvalue weighted by Gasteiger charge is 2.15. The van der Waals surface area contributed by atoms with Gasteiger partial charge in [0.1, 0.15) is 5.69 Å². The Morgan fingerprint density at radius 2 is 2.09 bits per heavy atom. The zero-order valence-corrected chi connectivity index (χ0v) is 12.5. The number of esters is 1. The minimum Gasteiger partial charge on any atom is -0.464 e. The Morgan fingerprint density at radius 1 is 1.32 bits per heavy atom. The predicted molar refractivity (Wildman–Crippen MR) is 80.6 cm³/mol. The lowest BCUT2D eigenvalue weighted by molar-refractivity contribution is -0.118. The van der Waals surface area contributed by atoms with E-state index >= 15 is 0 Å². The van der Waals surface area contributed by atoms with Crippen molar-refractivity contribution in [1.82, 2.24) is 10.3 Å². The second kappa shape index (κ2) is 7.00. The molecule has 1 aliphatic carbocycles. The van der Waals surface area contributed by atoms with E-state index < -0.39 is 5.97 Å². The first-order valence-corrected chi connectivity index (χ1v) is 6.91. The second-order valence-corrected chi connectivity index (χ2v) is 4.95. The maximum Gasteiger partial charge on any atom is 0.356 e. The fraction of sp³-hybridized carbons (Fsp3) is 0.312. The molecule has 2 N–H and O–H groups in total. The molecule has 0 atom stereocenters. The molecule has 22 heavy (non-hydrogen) atoms. The van der Waals surface area contributed by atoms with Crippen molar-refractivity contribution in [2.75, 3.05) is 7.11 Å². The van der Waals surface area contributed by atoms with Gasteiger partial charge in [-0.25, -0.2) is 9.78 Å².